The smallest absolute Gasteiger partial charge is 0.161 e. The molecule has 1 heterocycles. The quantitative estimate of drug-likeness (QED) is 0.879. The fourth-order valence-electron chi connectivity index (χ4n) is 1.75. The Morgan fingerprint density at radius 1 is 1.14 bits per heavy atom. The first-order chi connectivity index (χ1) is 10.0. The maximum Gasteiger partial charge on any atom is 0.161 e. The summed E-state index contributed by atoms with van der Waals surface area (Å²) in [6, 6.07) is 10.1. The Morgan fingerprint density at radius 3 is 2.43 bits per heavy atom. The molecular formula is C14H10Cl3N3O. The highest BCUT2D eigenvalue weighted by atomic mass is 35.5. The molecule has 0 bridgehead atoms. The third-order valence-corrected chi connectivity index (χ3v) is 3.73. The van der Waals surface area contributed by atoms with Crippen LogP contribution >= 0.6 is 34.8 Å². The van der Waals surface area contributed by atoms with Crippen LogP contribution in [0.2, 0.25) is 15.1 Å². The van der Waals surface area contributed by atoms with Gasteiger partial charge in [-0.1, -0.05) is 40.9 Å². The first kappa shape index (κ1) is 15.9. The zero-order chi connectivity index (χ0) is 15.4. The third-order valence-electron chi connectivity index (χ3n) is 2.76. The van der Waals surface area contributed by atoms with E-state index in [0.29, 0.717) is 21.4 Å². The standard InChI is InChI=1S/C14H10Cl3N3O/c15-8-4-5-13(20-11(8)6-18)19-7-12(21)14-9(16)2-1-3-10(14)17/h1-5,12,21H,7H2,(H,19,20). The lowest BCUT2D eigenvalue weighted by atomic mass is 10.1. The van der Waals surface area contributed by atoms with Gasteiger partial charge >= 0.3 is 0 Å². The van der Waals surface area contributed by atoms with Gasteiger partial charge in [-0.25, -0.2) is 4.98 Å². The summed E-state index contributed by atoms with van der Waals surface area (Å²) in [6.07, 6.45) is -0.908. The van der Waals surface area contributed by atoms with Crippen LogP contribution in [0.3, 0.4) is 0 Å². The summed E-state index contributed by atoms with van der Waals surface area (Å²) < 4.78 is 0. The Kier molecular flexibility index (Phi) is 5.27. The second kappa shape index (κ2) is 6.97. The van der Waals surface area contributed by atoms with Crippen molar-refractivity contribution in [1.82, 2.24) is 4.98 Å². The predicted molar refractivity (Wildman–Crippen MR) is 83.9 cm³/mol. The molecule has 7 heteroatoms. The fourth-order valence-corrected chi connectivity index (χ4v) is 2.55. The van der Waals surface area contributed by atoms with Crippen molar-refractivity contribution in [3.8, 4) is 6.07 Å². The molecule has 1 aromatic heterocycles. The summed E-state index contributed by atoms with van der Waals surface area (Å²) in [5.41, 5.74) is 0.565. The van der Waals surface area contributed by atoms with Gasteiger partial charge in [0.25, 0.3) is 0 Å². The molecule has 1 atom stereocenters. The second-order valence-electron chi connectivity index (χ2n) is 4.17. The van der Waals surface area contributed by atoms with E-state index in [9.17, 15) is 5.11 Å². The molecular weight excluding hydrogens is 333 g/mol. The average Bonchev–Trinajstić information content (AvgIpc) is 2.46. The van der Waals surface area contributed by atoms with Crippen LogP contribution in [0.4, 0.5) is 5.82 Å². The number of aliphatic hydroxyl groups is 1. The van der Waals surface area contributed by atoms with E-state index in [0.717, 1.165) is 0 Å². The monoisotopic (exact) mass is 341 g/mol. The van der Waals surface area contributed by atoms with Crippen molar-refractivity contribution >= 4 is 40.6 Å². The van der Waals surface area contributed by atoms with Gasteiger partial charge in [0.1, 0.15) is 11.9 Å². The zero-order valence-corrected chi connectivity index (χ0v) is 12.9. The van der Waals surface area contributed by atoms with Crippen LogP contribution < -0.4 is 5.32 Å². The average molecular weight is 343 g/mol. The lowest BCUT2D eigenvalue weighted by molar-refractivity contribution is 0.191. The van der Waals surface area contributed by atoms with Gasteiger partial charge in [-0.3, -0.25) is 0 Å². The van der Waals surface area contributed by atoms with Crippen LogP contribution in [0.1, 0.15) is 17.4 Å². The van der Waals surface area contributed by atoms with E-state index in [-0.39, 0.29) is 17.3 Å². The van der Waals surface area contributed by atoms with Crippen LogP contribution in [0, 0.1) is 11.3 Å². The molecule has 0 aliphatic carbocycles. The Labute approximate surface area is 136 Å². The van der Waals surface area contributed by atoms with Gasteiger partial charge in [-0.05, 0) is 24.3 Å². The molecule has 2 aromatic rings. The topological polar surface area (TPSA) is 68.9 Å². The number of nitrogens with one attached hydrogen (secondary N) is 1. The Bertz CT molecular complexity index is 680. The van der Waals surface area contributed by atoms with Gasteiger partial charge in [0.05, 0.1) is 11.1 Å². The summed E-state index contributed by atoms with van der Waals surface area (Å²) in [5, 5.41) is 23.0. The van der Waals surface area contributed by atoms with Crippen molar-refractivity contribution in [2.24, 2.45) is 0 Å². The highest BCUT2D eigenvalue weighted by molar-refractivity contribution is 6.36. The molecule has 0 saturated heterocycles. The van der Waals surface area contributed by atoms with Gasteiger partial charge < -0.3 is 10.4 Å². The first-order valence-electron chi connectivity index (χ1n) is 5.95. The normalized spacial score (nSPS) is 11.8. The van der Waals surface area contributed by atoms with Crippen LogP contribution in [-0.2, 0) is 0 Å². The van der Waals surface area contributed by atoms with Crippen LogP contribution in [0.25, 0.3) is 0 Å². The summed E-state index contributed by atoms with van der Waals surface area (Å²) in [6.45, 7) is 0.142. The predicted octanol–water partition coefficient (Wildman–Crippen LogP) is 4.06. The zero-order valence-electron chi connectivity index (χ0n) is 10.6. The number of nitriles is 1. The summed E-state index contributed by atoms with van der Waals surface area (Å²) >= 11 is 17.9. The van der Waals surface area contributed by atoms with Crippen molar-refractivity contribution in [1.29, 1.82) is 5.26 Å². The van der Waals surface area contributed by atoms with Gasteiger partial charge in [0, 0.05) is 22.2 Å². The van der Waals surface area contributed by atoms with Gasteiger partial charge in [-0.2, -0.15) is 5.26 Å². The Hall–Kier alpha value is -1.51. The number of hydrogen-bond acceptors (Lipinski definition) is 4. The molecule has 108 valence electrons. The number of halogens is 3. The van der Waals surface area contributed by atoms with Crippen molar-refractivity contribution in [2.75, 3.05) is 11.9 Å². The van der Waals surface area contributed by atoms with Crippen LogP contribution in [-0.4, -0.2) is 16.6 Å². The lowest BCUT2D eigenvalue weighted by Gasteiger charge is -2.15. The second-order valence-corrected chi connectivity index (χ2v) is 5.39. The largest absolute Gasteiger partial charge is 0.386 e. The molecule has 4 nitrogen and oxygen atoms in total. The van der Waals surface area contributed by atoms with Crippen molar-refractivity contribution in [3.05, 3.63) is 56.7 Å². The molecule has 0 fully saturated rings. The number of nitrogens with zero attached hydrogens (tertiary/aromatic N) is 2. The number of aromatic nitrogens is 1. The molecule has 0 saturated carbocycles. The first-order valence-corrected chi connectivity index (χ1v) is 7.09. The van der Waals surface area contributed by atoms with Crippen molar-refractivity contribution < 1.29 is 5.11 Å². The maximum atomic E-state index is 10.2. The number of aliphatic hydroxyl groups excluding tert-OH is 1. The number of pyridine rings is 1. The van der Waals surface area contributed by atoms with Crippen LogP contribution in [0.15, 0.2) is 30.3 Å². The molecule has 0 amide bonds. The highest BCUT2D eigenvalue weighted by Gasteiger charge is 2.15. The Balaban J connectivity index is 2.11. The van der Waals surface area contributed by atoms with Crippen molar-refractivity contribution in [3.63, 3.8) is 0 Å². The third kappa shape index (κ3) is 3.78. The summed E-state index contributed by atoms with van der Waals surface area (Å²) in [5.74, 6) is 0.429. The molecule has 1 unspecified atom stereocenters. The van der Waals surface area contributed by atoms with Gasteiger partial charge in [-0.15, -0.1) is 0 Å². The van der Waals surface area contributed by atoms with E-state index in [2.05, 4.69) is 10.3 Å². The van der Waals surface area contributed by atoms with E-state index < -0.39 is 6.10 Å². The minimum Gasteiger partial charge on any atom is -0.386 e. The summed E-state index contributed by atoms with van der Waals surface area (Å²) in [4.78, 5) is 4.02. The van der Waals surface area contributed by atoms with Gasteiger partial charge in [0.15, 0.2) is 5.69 Å². The molecule has 0 aliphatic rings. The molecule has 0 radical (unpaired) electrons. The van der Waals surface area contributed by atoms with E-state index in [1.54, 1.807) is 30.3 Å². The fraction of sp³-hybridized carbons (Fsp3) is 0.143. The molecule has 2 N–H and O–H groups in total. The van der Waals surface area contributed by atoms with Crippen LogP contribution in [0.5, 0.6) is 0 Å². The molecule has 1 aromatic carbocycles. The Morgan fingerprint density at radius 2 is 1.81 bits per heavy atom. The summed E-state index contributed by atoms with van der Waals surface area (Å²) in [7, 11) is 0. The minimum atomic E-state index is -0.908. The van der Waals surface area contributed by atoms with E-state index >= 15 is 0 Å². The molecule has 21 heavy (non-hydrogen) atoms. The maximum absolute atomic E-state index is 10.2. The lowest BCUT2D eigenvalue weighted by Crippen LogP contribution is -2.14. The molecule has 0 aliphatic heterocycles. The molecule has 0 spiro atoms. The number of rotatable bonds is 4. The number of benzene rings is 1. The number of anilines is 1. The minimum absolute atomic E-state index is 0.118. The van der Waals surface area contributed by atoms with Crippen molar-refractivity contribution in [2.45, 2.75) is 6.10 Å². The van der Waals surface area contributed by atoms with Gasteiger partial charge in [0.2, 0.25) is 0 Å². The highest BCUT2D eigenvalue weighted by Crippen LogP contribution is 2.30. The van der Waals surface area contributed by atoms with E-state index in [1.165, 1.54) is 0 Å². The SMILES string of the molecule is N#Cc1nc(NCC(O)c2c(Cl)cccc2Cl)ccc1Cl. The molecule has 2 rings (SSSR count). The number of hydrogen-bond donors (Lipinski definition) is 2. The van der Waals surface area contributed by atoms with E-state index in [4.69, 9.17) is 40.1 Å². The van der Waals surface area contributed by atoms with E-state index in [1.807, 2.05) is 6.07 Å².